The average molecular weight is 239 g/mol. The molecule has 1 unspecified atom stereocenters. The van der Waals surface area contributed by atoms with Crippen LogP contribution in [-0.4, -0.2) is 6.18 Å². The van der Waals surface area contributed by atoms with E-state index in [2.05, 4.69) is 0 Å². The number of alkyl halides is 4. The van der Waals surface area contributed by atoms with Gasteiger partial charge in [-0.2, -0.15) is 13.2 Å². The van der Waals surface area contributed by atoms with Crippen LogP contribution in [0.15, 0.2) is 18.2 Å². The second-order valence-electron chi connectivity index (χ2n) is 3.60. The van der Waals surface area contributed by atoms with Gasteiger partial charge >= 0.3 is 6.18 Å². The van der Waals surface area contributed by atoms with Gasteiger partial charge in [0.1, 0.15) is 0 Å². The van der Waals surface area contributed by atoms with E-state index in [0.717, 1.165) is 6.07 Å². The molecule has 1 aliphatic carbocycles. The second kappa shape index (κ2) is 3.11. The molecule has 1 aromatic carbocycles. The minimum atomic E-state index is -4.87. The summed E-state index contributed by atoms with van der Waals surface area (Å²) in [6.07, 6.45) is -5.32. The minimum Gasteiger partial charge on any atom is -0.229 e. The smallest absolute Gasteiger partial charge is 0.229 e. The Bertz CT molecular complexity index is 399. The highest BCUT2D eigenvalue weighted by Gasteiger charge is 2.59. The van der Waals surface area contributed by atoms with E-state index in [0.29, 0.717) is 5.56 Å². The first-order chi connectivity index (χ1) is 6.84. The first-order valence-corrected chi connectivity index (χ1v) is 4.77. The average Bonchev–Trinajstić information content (AvgIpc) is 2.44. The third-order valence-electron chi connectivity index (χ3n) is 2.69. The maximum atomic E-state index is 13.8. The van der Waals surface area contributed by atoms with Crippen LogP contribution in [0.5, 0.6) is 0 Å². The summed E-state index contributed by atoms with van der Waals surface area (Å²) in [5.74, 6) is 0. The lowest BCUT2D eigenvalue weighted by molar-refractivity contribution is -0.234. The fourth-order valence-electron chi connectivity index (χ4n) is 1.87. The van der Waals surface area contributed by atoms with Crippen molar-refractivity contribution in [2.24, 2.45) is 0 Å². The SMILES string of the molecule is FC(F)(F)C1(F)CCc2ccc(Cl)cc21. The molecule has 0 saturated carbocycles. The number of hydrogen-bond donors (Lipinski definition) is 0. The molecule has 0 bridgehead atoms. The number of aryl methyl sites for hydroxylation is 1. The zero-order chi connectivity index (χ0) is 11.3. The molecule has 0 aromatic heterocycles. The molecule has 2 rings (SSSR count). The summed E-state index contributed by atoms with van der Waals surface area (Å²) in [7, 11) is 0. The van der Waals surface area contributed by atoms with E-state index in [-0.39, 0.29) is 17.0 Å². The summed E-state index contributed by atoms with van der Waals surface area (Å²) in [6, 6.07) is 3.99. The molecule has 0 nitrogen and oxygen atoms in total. The van der Waals surface area contributed by atoms with Gasteiger partial charge < -0.3 is 0 Å². The quantitative estimate of drug-likeness (QED) is 0.599. The van der Waals surface area contributed by atoms with Crippen molar-refractivity contribution in [3.05, 3.63) is 34.3 Å². The maximum Gasteiger partial charge on any atom is 0.426 e. The van der Waals surface area contributed by atoms with Gasteiger partial charge in [-0.05, 0) is 30.5 Å². The van der Waals surface area contributed by atoms with Crippen molar-refractivity contribution in [3.8, 4) is 0 Å². The highest BCUT2D eigenvalue weighted by atomic mass is 35.5. The monoisotopic (exact) mass is 238 g/mol. The van der Waals surface area contributed by atoms with E-state index in [1.54, 1.807) is 0 Å². The van der Waals surface area contributed by atoms with E-state index >= 15 is 0 Å². The van der Waals surface area contributed by atoms with Crippen molar-refractivity contribution in [2.45, 2.75) is 24.7 Å². The van der Waals surface area contributed by atoms with Gasteiger partial charge in [-0.1, -0.05) is 17.7 Å². The maximum absolute atomic E-state index is 13.8. The lowest BCUT2D eigenvalue weighted by atomic mass is 9.97. The van der Waals surface area contributed by atoms with Crippen LogP contribution in [0.1, 0.15) is 17.5 Å². The molecule has 15 heavy (non-hydrogen) atoms. The summed E-state index contributed by atoms with van der Waals surface area (Å²) in [5.41, 5.74) is -3.17. The van der Waals surface area contributed by atoms with Gasteiger partial charge in [-0.15, -0.1) is 0 Å². The fourth-order valence-corrected chi connectivity index (χ4v) is 2.04. The molecule has 0 spiro atoms. The number of hydrogen-bond acceptors (Lipinski definition) is 0. The summed E-state index contributed by atoms with van der Waals surface area (Å²) in [4.78, 5) is 0. The van der Waals surface area contributed by atoms with Gasteiger partial charge in [-0.25, -0.2) is 4.39 Å². The number of benzene rings is 1. The molecule has 1 aliphatic rings. The first kappa shape index (κ1) is 10.7. The molecule has 5 heteroatoms. The fraction of sp³-hybridized carbons (Fsp3) is 0.400. The van der Waals surface area contributed by atoms with Crippen LogP contribution < -0.4 is 0 Å². The van der Waals surface area contributed by atoms with E-state index in [1.165, 1.54) is 12.1 Å². The Morgan fingerprint density at radius 1 is 1.27 bits per heavy atom. The Balaban J connectivity index is 2.56. The van der Waals surface area contributed by atoms with Crippen LogP contribution >= 0.6 is 11.6 Å². The molecule has 82 valence electrons. The molecule has 1 atom stereocenters. The van der Waals surface area contributed by atoms with Crippen molar-refractivity contribution in [3.63, 3.8) is 0 Å². The molecular weight excluding hydrogens is 232 g/mol. The topological polar surface area (TPSA) is 0 Å². The van der Waals surface area contributed by atoms with E-state index in [1.807, 2.05) is 0 Å². The van der Waals surface area contributed by atoms with Crippen molar-refractivity contribution in [1.82, 2.24) is 0 Å². The Morgan fingerprint density at radius 3 is 2.53 bits per heavy atom. The lowest BCUT2D eigenvalue weighted by Gasteiger charge is -2.24. The van der Waals surface area contributed by atoms with Crippen LogP contribution in [0.3, 0.4) is 0 Å². The molecule has 0 fully saturated rings. The Kier molecular flexibility index (Phi) is 2.23. The van der Waals surface area contributed by atoms with E-state index < -0.39 is 18.3 Å². The van der Waals surface area contributed by atoms with Crippen molar-refractivity contribution in [2.75, 3.05) is 0 Å². The predicted molar refractivity (Wildman–Crippen MR) is 48.6 cm³/mol. The summed E-state index contributed by atoms with van der Waals surface area (Å²) >= 11 is 5.57. The van der Waals surface area contributed by atoms with Gasteiger partial charge in [0.2, 0.25) is 5.67 Å². The van der Waals surface area contributed by atoms with Crippen molar-refractivity contribution >= 4 is 11.6 Å². The Hall–Kier alpha value is -0.770. The zero-order valence-electron chi connectivity index (χ0n) is 7.54. The largest absolute Gasteiger partial charge is 0.426 e. The highest BCUT2D eigenvalue weighted by Crippen LogP contribution is 2.51. The van der Waals surface area contributed by atoms with Gasteiger partial charge in [-0.3, -0.25) is 0 Å². The van der Waals surface area contributed by atoms with E-state index in [9.17, 15) is 17.6 Å². The summed E-state index contributed by atoms with van der Waals surface area (Å²) in [5, 5.41) is 0.127. The molecular formula is C10H7ClF4. The molecule has 0 amide bonds. The van der Waals surface area contributed by atoms with Gasteiger partial charge in [0.25, 0.3) is 0 Å². The van der Waals surface area contributed by atoms with Crippen molar-refractivity contribution < 1.29 is 17.6 Å². The van der Waals surface area contributed by atoms with Crippen LogP contribution in [0.2, 0.25) is 5.02 Å². The molecule has 0 saturated heterocycles. The lowest BCUT2D eigenvalue weighted by Crippen LogP contribution is -2.35. The van der Waals surface area contributed by atoms with Gasteiger partial charge in [0.15, 0.2) is 0 Å². The summed E-state index contributed by atoms with van der Waals surface area (Å²) in [6.45, 7) is 0. The minimum absolute atomic E-state index is 0.0997. The Morgan fingerprint density at radius 2 is 1.93 bits per heavy atom. The molecule has 0 aliphatic heterocycles. The van der Waals surface area contributed by atoms with Crippen molar-refractivity contribution in [1.29, 1.82) is 0 Å². The van der Waals surface area contributed by atoms with Crippen LogP contribution in [0.25, 0.3) is 0 Å². The molecule has 0 radical (unpaired) electrons. The number of halogens is 5. The molecule has 1 aromatic rings. The van der Waals surface area contributed by atoms with E-state index in [4.69, 9.17) is 11.6 Å². The standard InChI is InChI=1S/C10H7ClF4/c11-7-2-1-6-3-4-9(12,8(6)5-7)10(13,14)15/h1-2,5H,3-4H2. The summed E-state index contributed by atoms with van der Waals surface area (Å²) < 4.78 is 51.4. The van der Waals surface area contributed by atoms with Crippen LogP contribution in [0, 0.1) is 0 Å². The highest BCUT2D eigenvalue weighted by molar-refractivity contribution is 6.30. The third kappa shape index (κ3) is 1.51. The Labute approximate surface area is 88.9 Å². The normalized spacial score (nSPS) is 25.4. The van der Waals surface area contributed by atoms with Gasteiger partial charge in [0, 0.05) is 10.6 Å². The number of fused-ring (bicyclic) bond motifs is 1. The zero-order valence-corrected chi connectivity index (χ0v) is 8.29. The first-order valence-electron chi connectivity index (χ1n) is 4.39. The second-order valence-corrected chi connectivity index (χ2v) is 4.04. The molecule has 0 heterocycles. The predicted octanol–water partition coefficient (Wildman–Crippen LogP) is 4.01. The number of rotatable bonds is 0. The third-order valence-corrected chi connectivity index (χ3v) is 2.92. The van der Waals surface area contributed by atoms with Crippen LogP contribution in [0.4, 0.5) is 17.6 Å². The van der Waals surface area contributed by atoms with Gasteiger partial charge in [0.05, 0.1) is 0 Å². The van der Waals surface area contributed by atoms with Crippen LogP contribution in [-0.2, 0) is 12.1 Å². The molecule has 0 N–H and O–H groups in total.